The molecular weight excluding hydrogens is 250 g/mol. The molecule has 1 heterocycles. The summed E-state index contributed by atoms with van der Waals surface area (Å²) in [6.45, 7) is 0. The number of benzene rings is 1. The van der Waals surface area contributed by atoms with Crippen molar-refractivity contribution in [3.63, 3.8) is 0 Å². The average molecular weight is 258 g/mol. The lowest BCUT2D eigenvalue weighted by Gasteiger charge is -2.06. The van der Waals surface area contributed by atoms with E-state index in [4.69, 9.17) is 0 Å². The molecule has 1 aliphatic rings. The van der Waals surface area contributed by atoms with Crippen LogP contribution in [0, 0.1) is 0 Å². The second-order valence-electron chi connectivity index (χ2n) is 2.76. The fourth-order valence-corrected chi connectivity index (χ4v) is 2.89. The highest BCUT2D eigenvalue weighted by Crippen LogP contribution is 2.36. The first-order chi connectivity index (χ1) is 6.27. The zero-order valence-electron chi connectivity index (χ0n) is 6.84. The minimum atomic E-state index is 0.101. The van der Waals surface area contributed by atoms with E-state index in [1.54, 1.807) is 11.8 Å². The number of halogens is 1. The van der Waals surface area contributed by atoms with Gasteiger partial charge in [0.2, 0.25) is 5.91 Å². The summed E-state index contributed by atoms with van der Waals surface area (Å²) in [4.78, 5) is 12.4. The van der Waals surface area contributed by atoms with E-state index in [1.165, 1.54) is 0 Å². The quantitative estimate of drug-likeness (QED) is 0.775. The molecule has 1 aromatic carbocycles. The topological polar surface area (TPSA) is 29.1 Å². The number of amides is 1. The van der Waals surface area contributed by atoms with Crippen molar-refractivity contribution >= 4 is 39.3 Å². The highest BCUT2D eigenvalue weighted by molar-refractivity contribution is 9.10. The Labute approximate surface area is 89.2 Å². The van der Waals surface area contributed by atoms with Crippen LogP contribution in [0.5, 0.6) is 0 Å². The van der Waals surface area contributed by atoms with Crippen molar-refractivity contribution < 1.29 is 4.79 Å². The van der Waals surface area contributed by atoms with Crippen molar-refractivity contribution in [2.24, 2.45) is 0 Å². The van der Waals surface area contributed by atoms with Crippen molar-refractivity contribution in [2.45, 2.75) is 11.3 Å². The number of nitrogens with one attached hydrogen (secondary N) is 1. The molecule has 4 heteroatoms. The third-order valence-corrected chi connectivity index (χ3v) is 3.88. The fraction of sp³-hybridized carbons (Fsp3) is 0.222. The largest absolute Gasteiger partial charge is 0.325 e. The highest BCUT2D eigenvalue weighted by Gasteiger charge is 2.14. The molecular formula is C9H8BrNOS. The summed E-state index contributed by atoms with van der Waals surface area (Å²) in [6.07, 6.45) is 0.589. The number of hydrogen-bond donors (Lipinski definition) is 1. The highest BCUT2D eigenvalue weighted by atomic mass is 79.9. The summed E-state index contributed by atoms with van der Waals surface area (Å²) in [5, 5.41) is 2.87. The summed E-state index contributed by atoms with van der Waals surface area (Å²) < 4.78 is 1.05. The molecule has 0 aromatic heterocycles. The first-order valence-corrected chi connectivity index (χ1v) is 5.76. The van der Waals surface area contributed by atoms with Crippen LogP contribution in [0.4, 0.5) is 5.69 Å². The van der Waals surface area contributed by atoms with Gasteiger partial charge in [0.25, 0.3) is 0 Å². The van der Waals surface area contributed by atoms with Crippen LogP contribution in [0.2, 0.25) is 0 Å². The fourth-order valence-electron chi connectivity index (χ4n) is 1.21. The van der Waals surface area contributed by atoms with E-state index in [9.17, 15) is 4.79 Å². The Morgan fingerprint density at radius 3 is 3.15 bits per heavy atom. The first-order valence-electron chi connectivity index (χ1n) is 3.98. The number of rotatable bonds is 0. The minimum absolute atomic E-state index is 0.101. The van der Waals surface area contributed by atoms with Gasteiger partial charge in [0.15, 0.2) is 0 Å². The van der Waals surface area contributed by atoms with Crippen molar-refractivity contribution in [1.29, 1.82) is 0 Å². The molecule has 13 heavy (non-hydrogen) atoms. The lowest BCUT2D eigenvalue weighted by atomic mass is 10.3. The minimum Gasteiger partial charge on any atom is -0.325 e. The van der Waals surface area contributed by atoms with E-state index in [2.05, 4.69) is 21.2 Å². The molecule has 0 aliphatic carbocycles. The lowest BCUT2D eigenvalue weighted by molar-refractivity contribution is -0.115. The van der Waals surface area contributed by atoms with Crippen LogP contribution in [-0.4, -0.2) is 11.7 Å². The van der Waals surface area contributed by atoms with Gasteiger partial charge in [-0.3, -0.25) is 4.79 Å². The van der Waals surface area contributed by atoms with E-state index in [-0.39, 0.29) is 5.91 Å². The number of anilines is 1. The van der Waals surface area contributed by atoms with Gasteiger partial charge in [0, 0.05) is 21.5 Å². The predicted octanol–water partition coefficient (Wildman–Crippen LogP) is 2.88. The van der Waals surface area contributed by atoms with Crippen molar-refractivity contribution in [1.82, 2.24) is 0 Å². The van der Waals surface area contributed by atoms with Gasteiger partial charge in [-0.25, -0.2) is 0 Å². The van der Waals surface area contributed by atoms with Gasteiger partial charge in [-0.1, -0.05) is 6.07 Å². The number of carbonyl (C=O) groups excluding carboxylic acids is 1. The number of thioether (sulfide) groups is 1. The van der Waals surface area contributed by atoms with Crippen LogP contribution in [0.15, 0.2) is 27.6 Å². The lowest BCUT2D eigenvalue weighted by Crippen LogP contribution is -2.09. The zero-order valence-corrected chi connectivity index (χ0v) is 9.24. The van der Waals surface area contributed by atoms with Gasteiger partial charge < -0.3 is 5.32 Å². The van der Waals surface area contributed by atoms with Crippen molar-refractivity contribution in [3.8, 4) is 0 Å². The Morgan fingerprint density at radius 2 is 2.31 bits per heavy atom. The van der Waals surface area contributed by atoms with Gasteiger partial charge in [-0.05, 0) is 28.1 Å². The van der Waals surface area contributed by atoms with Crippen LogP contribution in [0.25, 0.3) is 0 Å². The average Bonchev–Trinajstić information content (AvgIpc) is 2.27. The third kappa shape index (κ3) is 1.89. The van der Waals surface area contributed by atoms with Crippen LogP contribution < -0.4 is 5.32 Å². The van der Waals surface area contributed by atoms with Gasteiger partial charge >= 0.3 is 0 Å². The Hall–Kier alpha value is -0.480. The first kappa shape index (κ1) is 9.09. The molecule has 0 bridgehead atoms. The number of fused-ring (bicyclic) bond motifs is 1. The molecule has 0 atom stereocenters. The van der Waals surface area contributed by atoms with Crippen molar-refractivity contribution in [2.75, 3.05) is 11.1 Å². The van der Waals surface area contributed by atoms with Crippen LogP contribution >= 0.6 is 27.7 Å². The van der Waals surface area contributed by atoms with Crippen LogP contribution in [-0.2, 0) is 4.79 Å². The maximum absolute atomic E-state index is 11.2. The molecule has 0 radical (unpaired) electrons. The Balaban J connectivity index is 2.45. The molecule has 1 aliphatic heterocycles. The van der Waals surface area contributed by atoms with E-state index < -0.39 is 0 Å². The maximum atomic E-state index is 11.2. The van der Waals surface area contributed by atoms with Gasteiger partial charge in [0.1, 0.15) is 0 Å². The van der Waals surface area contributed by atoms with E-state index in [1.807, 2.05) is 18.2 Å². The molecule has 0 spiro atoms. The monoisotopic (exact) mass is 257 g/mol. The summed E-state index contributed by atoms with van der Waals surface area (Å²) >= 11 is 5.17. The Morgan fingerprint density at radius 1 is 1.46 bits per heavy atom. The van der Waals surface area contributed by atoms with E-state index in [0.29, 0.717) is 6.42 Å². The SMILES string of the molecule is O=C1CCSc2c(Br)cccc2N1. The van der Waals surface area contributed by atoms with E-state index >= 15 is 0 Å². The smallest absolute Gasteiger partial charge is 0.225 e. The molecule has 0 saturated carbocycles. The van der Waals surface area contributed by atoms with E-state index in [0.717, 1.165) is 20.8 Å². The van der Waals surface area contributed by atoms with Crippen LogP contribution in [0.3, 0.4) is 0 Å². The normalized spacial score (nSPS) is 15.9. The zero-order chi connectivity index (χ0) is 9.26. The van der Waals surface area contributed by atoms with Gasteiger partial charge in [0.05, 0.1) is 5.69 Å². The van der Waals surface area contributed by atoms with Gasteiger partial charge in [-0.15, -0.1) is 11.8 Å². The molecule has 1 amide bonds. The second-order valence-corrected chi connectivity index (χ2v) is 4.72. The molecule has 0 unspecified atom stereocenters. The number of carbonyl (C=O) groups is 1. The predicted molar refractivity (Wildman–Crippen MR) is 58.1 cm³/mol. The maximum Gasteiger partial charge on any atom is 0.225 e. The molecule has 2 nitrogen and oxygen atoms in total. The third-order valence-electron chi connectivity index (χ3n) is 1.82. The van der Waals surface area contributed by atoms with Gasteiger partial charge in [-0.2, -0.15) is 0 Å². The molecule has 0 fully saturated rings. The molecule has 1 aromatic rings. The summed E-state index contributed by atoms with van der Waals surface area (Å²) in [7, 11) is 0. The Kier molecular flexibility index (Phi) is 2.60. The Bertz CT molecular complexity index is 353. The summed E-state index contributed by atoms with van der Waals surface area (Å²) in [5.74, 6) is 0.950. The molecule has 2 rings (SSSR count). The molecule has 1 N–H and O–H groups in total. The molecule has 68 valence electrons. The molecule has 0 saturated heterocycles. The summed E-state index contributed by atoms with van der Waals surface area (Å²) in [5.41, 5.74) is 0.918. The summed E-state index contributed by atoms with van der Waals surface area (Å²) in [6, 6.07) is 5.84. The standard InChI is InChI=1S/C9H8BrNOS/c10-6-2-1-3-7-9(6)13-5-4-8(12)11-7/h1-3H,4-5H2,(H,11,12). The second kappa shape index (κ2) is 3.72. The van der Waals surface area contributed by atoms with Crippen LogP contribution in [0.1, 0.15) is 6.42 Å². The van der Waals surface area contributed by atoms with Crippen molar-refractivity contribution in [3.05, 3.63) is 22.7 Å². The number of hydrogen-bond acceptors (Lipinski definition) is 2.